The Bertz CT molecular complexity index is 650. The Morgan fingerprint density at radius 2 is 2.32 bits per heavy atom. The summed E-state index contributed by atoms with van der Waals surface area (Å²) in [5, 5.41) is 15.3. The molecule has 1 N–H and O–H groups in total. The summed E-state index contributed by atoms with van der Waals surface area (Å²) < 4.78 is 7.20. The summed E-state index contributed by atoms with van der Waals surface area (Å²) in [6.45, 7) is 1.62. The number of carbonyl (C=O) groups excluding carboxylic acids is 1. The van der Waals surface area contributed by atoms with E-state index in [1.807, 2.05) is 7.05 Å². The van der Waals surface area contributed by atoms with E-state index < -0.39 is 0 Å². The zero-order valence-electron chi connectivity index (χ0n) is 12.6. The molecule has 22 heavy (non-hydrogen) atoms. The molecule has 2 aliphatic heterocycles. The average molecular weight is 301 g/mol. The van der Waals surface area contributed by atoms with Crippen LogP contribution in [0.4, 0.5) is 0 Å². The van der Waals surface area contributed by atoms with Crippen molar-refractivity contribution in [3.63, 3.8) is 0 Å². The molecule has 0 radical (unpaired) electrons. The van der Waals surface area contributed by atoms with Gasteiger partial charge in [-0.15, -0.1) is 12.3 Å². The van der Waals surface area contributed by atoms with Gasteiger partial charge in [0.25, 0.3) is 5.91 Å². The Labute approximate surface area is 129 Å². The van der Waals surface area contributed by atoms with Gasteiger partial charge in [0.05, 0.1) is 13.2 Å². The number of terminal acetylenes is 1. The summed E-state index contributed by atoms with van der Waals surface area (Å²) in [6, 6.07) is 0. The Hall–Kier alpha value is -2.20. The lowest BCUT2D eigenvalue weighted by Crippen LogP contribution is -2.29. The largest absolute Gasteiger partial charge is 0.376 e. The van der Waals surface area contributed by atoms with Crippen molar-refractivity contribution in [2.75, 3.05) is 13.2 Å². The van der Waals surface area contributed by atoms with Gasteiger partial charge in [-0.05, 0) is 0 Å². The first-order chi connectivity index (χ1) is 10.7. The van der Waals surface area contributed by atoms with Crippen LogP contribution in [0.15, 0.2) is 10.2 Å². The summed E-state index contributed by atoms with van der Waals surface area (Å²) in [6.07, 6.45) is 8.11. The van der Waals surface area contributed by atoms with Crippen LogP contribution in [-0.4, -0.2) is 34.5 Å². The molecule has 1 aromatic heterocycles. The number of carbonyl (C=O) groups is 1. The zero-order valence-corrected chi connectivity index (χ0v) is 12.6. The van der Waals surface area contributed by atoms with Crippen molar-refractivity contribution < 1.29 is 9.53 Å². The van der Waals surface area contributed by atoms with E-state index in [-0.39, 0.29) is 11.6 Å². The summed E-state index contributed by atoms with van der Waals surface area (Å²) in [4.78, 5) is 12.3. The van der Waals surface area contributed by atoms with E-state index in [0.29, 0.717) is 38.3 Å². The molecule has 7 heteroatoms. The Morgan fingerprint density at radius 1 is 1.50 bits per heavy atom. The number of fused-ring (bicyclic) bond motifs is 1. The average Bonchev–Trinajstić information content (AvgIpc) is 3.22. The van der Waals surface area contributed by atoms with E-state index >= 15 is 0 Å². The molecule has 7 nitrogen and oxygen atoms in total. The molecule has 0 saturated heterocycles. The Kier molecular flexibility index (Phi) is 3.94. The second-order valence-electron chi connectivity index (χ2n) is 5.59. The van der Waals surface area contributed by atoms with Crippen molar-refractivity contribution in [3.05, 3.63) is 17.0 Å². The number of nitrogens with zero attached hydrogens (tertiary/aromatic N) is 4. The quantitative estimate of drug-likeness (QED) is 0.801. The molecule has 0 unspecified atom stereocenters. The summed E-state index contributed by atoms with van der Waals surface area (Å²) in [5.74, 6) is 2.42. The molecule has 0 saturated carbocycles. The number of hydrogen-bond acceptors (Lipinski definition) is 5. The first kappa shape index (κ1) is 14.7. The van der Waals surface area contributed by atoms with E-state index in [4.69, 9.17) is 11.2 Å². The first-order valence-electron chi connectivity index (χ1n) is 7.43. The van der Waals surface area contributed by atoms with Crippen LogP contribution in [-0.2, 0) is 24.8 Å². The number of aromatic nitrogens is 2. The lowest BCUT2D eigenvalue weighted by Gasteiger charge is -2.13. The van der Waals surface area contributed by atoms with Crippen LogP contribution in [0.25, 0.3) is 0 Å². The third kappa shape index (κ3) is 2.88. The van der Waals surface area contributed by atoms with Crippen LogP contribution in [0.3, 0.4) is 0 Å². The predicted molar refractivity (Wildman–Crippen MR) is 79.2 cm³/mol. The van der Waals surface area contributed by atoms with E-state index in [9.17, 15) is 4.79 Å². The van der Waals surface area contributed by atoms with Crippen molar-refractivity contribution in [2.45, 2.75) is 38.0 Å². The highest BCUT2D eigenvalue weighted by Crippen LogP contribution is 2.36. The Morgan fingerprint density at radius 3 is 3.05 bits per heavy atom. The van der Waals surface area contributed by atoms with Gasteiger partial charge in [-0.2, -0.15) is 15.3 Å². The molecule has 0 aliphatic carbocycles. The standard InChI is InChI=1S/C15H19N5O2/c1-3-4-6-15(18-19-15)7-8-16-14(21)13-11-10-22-9-5-12(11)20(2)17-13/h1H,4-10H2,2H3,(H,16,21). The third-order valence-electron chi connectivity index (χ3n) is 4.08. The molecule has 0 bridgehead atoms. The highest BCUT2D eigenvalue weighted by molar-refractivity contribution is 5.94. The van der Waals surface area contributed by atoms with Crippen molar-refractivity contribution in [1.82, 2.24) is 15.1 Å². The van der Waals surface area contributed by atoms with Gasteiger partial charge in [-0.3, -0.25) is 9.48 Å². The van der Waals surface area contributed by atoms with Crippen LogP contribution in [0.5, 0.6) is 0 Å². The van der Waals surface area contributed by atoms with Crippen molar-refractivity contribution in [2.24, 2.45) is 17.3 Å². The summed E-state index contributed by atoms with van der Waals surface area (Å²) >= 11 is 0. The minimum absolute atomic E-state index is 0.171. The predicted octanol–water partition coefficient (Wildman–Crippen LogP) is 1.19. The second kappa shape index (κ2) is 5.89. The van der Waals surface area contributed by atoms with Crippen LogP contribution in [0.1, 0.15) is 41.0 Å². The molecule has 116 valence electrons. The fourth-order valence-corrected chi connectivity index (χ4v) is 2.72. The zero-order chi connectivity index (χ0) is 15.6. The Balaban J connectivity index is 1.56. The van der Waals surface area contributed by atoms with Crippen molar-refractivity contribution in [3.8, 4) is 12.3 Å². The van der Waals surface area contributed by atoms with E-state index in [0.717, 1.165) is 24.1 Å². The maximum atomic E-state index is 12.3. The fraction of sp³-hybridized carbons (Fsp3) is 0.600. The van der Waals surface area contributed by atoms with Gasteiger partial charge in [-0.25, -0.2) is 0 Å². The molecule has 0 aromatic carbocycles. The molecular formula is C15H19N5O2. The minimum Gasteiger partial charge on any atom is -0.376 e. The number of hydrogen-bond donors (Lipinski definition) is 1. The smallest absolute Gasteiger partial charge is 0.272 e. The van der Waals surface area contributed by atoms with Gasteiger partial charge in [0, 0.05) is 50.5 Å². The lowest BCUT2D eigenvalue weighted by molar-refractivity contribution is 0.0923. The summed E-state index contributed by atoms with van der Waals surface area (Å²) in [7, 11) is 1.86. The van der Waals surface area contributed by atoms with Crippen LogP contribution < -0.4 is 5.32 Å². The maximum Gasteiger partial charge on any atom is 0.272 e. The monoisotopic (exact) mass is 301 g/mol. The minimum atomic E-state index is -0.369. The van der Waals surface area contributed by atoms with Crippen molar-refractivity contribution >= 4 is 5.91 Å². The van der Waals surface area contributed by atoms with Crippen LogP contribution >= 0.6 is 0 Å². The van der Waals surface area contributed by atoms with Gasteiger partial charge in [0.1, 0.15) is 0 Å². The van der Waals surface area contributed by atoms with E-state index in [1.165, 1.54) is 0 Å². The SMILES string of the molecule is C#CCCC1(CCNC(=O)c2nn(C)c3c2COCC3)N=N1. The van der Waals surface area contributed by atoms with Gasteiger partial charge >= 0.3 is 0 Å². The molecule has 2 aliphatic rings. The highest BCUT2D eigenvalue weighted by Gasteiger charge is 2.38. The van der Waals surface area contributed by atoms with Crippen LogP contribution in [0.2, 0.25) is 0 Å². The molecule has 0 fully saturated rings. The summed E-state index contributed by atoms with van der Waals surface area (Å²) in [5.41, 5.74) is 2.06. The van der Waals surface area contributed by atoms with Gasteiger partial charge in [0.15, 0.2) is 11.4 Å². The lowest BCUT2D eigenvalue weighted by atomic mass is 10.0. The van der Waals surface area contributed by atoms with Crippen LogP contribution in [0, 0.1) is 12.3 Å². The molecular weight excluding hydrogens is 282 g/mol. The molecule has 0 spiro atoms. The number of ether oxygens (including phenoxy) is 1. The normalized spacial score (nSPS) is 17.6. The molecule has 0 atom stereocenters. The highest BCUT2D eigenvalue weighted by atomic mass is 16.5. The topological polar surface area (TPSA) is 80.9 Å². The fourth-order valence-electron chi connectivity index (χ4n) is 2.72. The second-order valence-corrected chi connectivity index (χ2v) is 5.59. The van der Waals surface area contributed by atoms with E-state index in [1.54, 1.807) is 4.68 Å². The number of amides is 1. The van der Waals surface area contributed by atoms with Crippen molar-refractivity contribution in [1.29, 1.82) is 0 Å². The molecule has 3 rings (SSSR count). The molecule has 1 aromatic rings. The first-order valence-corrected chi connectivity index (χ1v) is 7.43. The molecule has 1 amide bonds. The van der Waals surface area contributed by atoms with E-state index in [2.05, 4.69) is 26.6 Å². The molecule has 3 heterocycles. The number of nitrogens with one attached hydrogen (secondary N) is 1. The van der Waals surface area contributed by atoms with Gasteiger partial charge in [0.2, 0.25) is 0 Å². The van der Waals surface area contributed by atoms with Gasteiger partial charge in [-0.1, -0.05) is 0 Å². The van der Waals surface area contributed by atoms with Gasteiger partial charge < -0.3 is 10.1 Å². The maximum absolute atomic E-state index is 12.3. The third-order valence-corrected chi connectivity index (χ3v) is 4.08. The number of rotatable bonds is 6. The number of aryl methyl sites for hydroxylation is 1.